The van der Waals surface area contributed by atoms with Crippen LogP contribution < -0.4 is 0 Å². The Labute approximate surface area is 136 Å². The molecule has 5 heteroatoms. The smallest absolute Gasteiger partial charge is 0.222 e. The Kier molecular flexibility index (Phi) is 3.63. The second-order valence-corrected chi connectivity index (χ2v) is 6.82. The van der Waals surface area contributed by atoms with Crippen molar-refractivity contribution in [1.82, 2.24) is 20.1 Å². The molecule has 0 aromatic carbocycles. The quantitative estimate of drug-likeness (QED) is 0.946. The predicted octanol–water partition coefficient (Wildman–Crippen LogP) is 2.24. The van der Waals surface area contributed by atoms with Gasteiger partial charge in [0.15, 0.2) is 0 Å². The minimum atomic E-state index is 0.121. The summed E-state index contributed by atoms with van der Waals surface area (Å²) in [5.41, 5.74) is 3.92. The Morgan fingerprint density at radius 3 is 3.04 bits per heavy atom. The average Bonchev–Trinajstić information content (AvgIpc) is 3.19. The molecular formula is C18H22N4O. The summed E-state index contributed by atoms with van der Waals surface area (Å²) < 4.78 is 0. The molecule has 2 aromatic rings. The van der Waals surface area contributed by atoms with E-state index in [9.17, 15) is 4.79 Å². The van der Waals surface area contributed by atoms with Gasteiger partial charge < -0.3 is 4.90 Å². The summed E-state index contributed by atoms with van der Waals surface area (Å²) >= 11 is 0. The van der Waals surface area contributed by atoms with E-state index >= 15 is 0 Å². The molecule has 5 nitrogen and oxygen atoms in total. The maximum Gasteiger partial charge on any atom is 0.222 e. The number of aromatic amines is 1. The molecule has 1 amide bonds. The molecule has 120 valence electrons. The number of rotatable bonds is 3. The summed E-state index contributed by atoms with van der Waals surface area (Å²) in [5.74, 6) is 0.272. The number of nitrogens with zero attached hydrogens (tertiary/aromatic N) is 3. The molecule has 0 saturated carbocycles. The monoisotopic (exact) mass is 310 g/mol. The van der Waals surface area contributed by atoms with Crippen LogP contribution in [0.4, 0.5) is 0 Å². The van der Waals surface area contributed by atoms with Gasteiger partial charge in [-0.15, -0.1) is 0 Å². The molecule has 1 fully saturated rings. The lowest BCUT2D eigenvalue weighted by atomic mass is 9.77. The second-order valence-electron chi connectivity index (χ2n) is 6.82. The average molecular weight is 310 g/mol. The minimum absolute atomic E-state index is 0.121. The molecule has 1 atom stereocenters. The number of piperidine rings is 1. The number of hydrogen-bond acceptors (Lipinski definition) is 3. The summed E-state index contributed by atoms with van der Waals surface area (Å²) in [5, 5.41) is 7.41. The molecule has 2 aliphatic rings. The lowest BCUT2D eigenvalue weighted by Crippen LogP contribution is -2.47. The van der Waals surface area contributed by atoms with Crippen LogP contribution in [-0.2, 0) is 23.1 Å². The van der Waals surface area contributed by atoms with Gasteiger partial charge >= 0.3 is 0 Å². The standard InChI is InChI=1S/C18H22N4O/c23-16(3-2-14-5-9-19-10-6-14)22-11-1-7-18(13-22)8-4-15-12-20-21-17(15)18/h5-6,9-10,12H,1-4,7-8,11,13H2,(H,20,21). The normalized spacial score (nSPS) is 23.2. The third-order valence-corrected chi connectivity index (χ3v) is 5.43. The van der Waals surface area contributed by atoms with E-state index in [0.29, 0.717) is 6.42 Å². The number of likely N-dealkylation sites (tertiary alicyclic amines) is 1. The Hall–Kier alpha value is -2.17. The number of carbonyl (C=O) groups excluding carboxylic acids is 1. The van der Waals surface area contributed by atoms with Crippen LogP contribution in [0.3, 0.4) is 0 Å². The highest BCUT2D eigenvalue weighted by Crippen LogP contribution is 2.43. The molecule has 23 heavy (non-hydrogen) atoms. The van der Waals surface area contributed by atoms with E-state index in [1.165, 1.54) is 16.8 Å². The Balaban J connectivity index is 1.43. The molecule has 3 heterocycles. The van der Waals surface area contributed by atoms with E-state index in [4.69, 9.17) is 0 Å². The van der Waals surface area contributed by atoms with Gasteiger partial charge in [-0.25, -0.2) is 0 Å². The molecule has 1 aliphatic carbocycles. The van der Waals surface area contributed by atoms with E-state index < -0.39 is 0 Å². The summed E-state index contributed by atoms with van der Waals surface area (Å²) in [7, 11) is 0. The lowest BCUT2D eigenvalue weighted by molar-refractivity contribution is -0.133. The molecule has 1 spiro atoms. The van der Waals surface area contributed by atoms with Gasteiger partial charge in [-0.2, -0.15) is 5.10 Å². The summed E-state index contributed by atoms with van der Waals surface area (Å²) in [6, 6.07) is 3.97. The zero-order valence-corrected chi connectivity index (χ0v) is 13.3. The number of aryl methyl sites for hydroxylation is 2. The van der Waals surface area contributed by atoms with Crippen LogP contribution in [0.25, 0.3) is 0 Å². The topological polar surface area (TPSA) is 61.9 Å². The van der Waals surface area contributed by atoms with Gasteiger partial charge in [0.05, 0.1) is 6.20 Å². The van der Waals surface area contributed by atoms with Crippen LogP contribution in [0, 0.1) is 0 Å². The predicted molar refractivity (Wildman–Crippen MR) is 87.0 cm³/mol. The van der Waals surface area contributed by atoms with Gasteiger partial charge in [0.25, 0.3) is 0 Å². The summed E-state index contributed by atoms with van der Waals surface area (Å²) in [4.78, 5) is 18.7. The Bertz CT molecular complexity index is 696. The van der Waals surface area contributed by atoms with E-state index in [1.807, 2.05) is 18.3 Å². The summed E-state index contributed by atoms with van der Waals surface area (Å²) in [6.07, 6.45) is 11.4. The first-order valence-corrected chi connectivity index (χ1v) is 8.46. The van der Waals surface area contributed by atoms with E-state index in [2.05, 4.69) is 20.1 Å². The molecule has 0 bridgehead atoms. The first kappa shape index (κ1) is 14.4. The third-order valence-electron chi connectivity index (χ3n) is 5.43. The number of nitrogens with one attached hydrogen (secondary N) is 1. The number of amides is 1. The van der Waals surface area contributed by atoms with Crippen LogP contribution in [0.5, 0.6) is 0 Å². The second kappa shape index (κ2) is 5.80. The van der Waals surface area contributed by atoms with Crippen LogP contribution in [0.15, 0.2) is 30.7 Å². The minimum Gasteiger partial charge on any atom is -0.342 e. The number of fused-ring (bicyclic) bond motifs is 2. The van der Waals surface area contributed by atoms with Crippen molar-refractivity contribution in [1.29, 1.82) is 0 Å². The molecule has 1 aliphatic heterocycles. The van der Waals surface area contributed by atoms with Crippen molar-refractivity contribution < 1.29 is 4.79 Å². The first-order chi connectivity index (χ1) is 11.3. The highest BCUT2D eigenvalue weighted by molar-refractivity contribution is 5.76. The van der Waals surface area contributed by atoms with Crippen molar-refractivity contribution in [3.8, 4) is 0 Å². The van der Waals surface area contributed by atoms with Crippen molar-refractivity contribution in [3.63, 3.8) is 0 Å². The van der Waals surface area contributed by atoms with Gasteiger partial charge in [0.1, 0.15) is 0 Å². The van der Waals surface area contributed by atoms with Gasteiger partial charge in [-0.05, 0) is 55.4 Å². The van der Waals surface area contributed by atoms with Crippen molar-refractivity contribution in [3.05, 3.63) is 47.5 Å². The summed E-state index contributed by atoms with van der Waals surface area (Å²) in [6.45, 7) is 1.73. The number of H-pyrrole nitrogens is 1. The van der Waals surface area contributed by atoms with Crippen LogP contribution >= 0.6 is 0 Å². The number of aromatic nitrogens is 3. The Morgan fingerprint density at radius 2 is 2.17 bits per heavy atom. The van der Waals surface area contributed by atoms with Gasteiger partial charge in [-0.1, -0.05) is 0 Å². The fourth-order valence-electron chi connectivity index (χ4n) is 4.17. The fourth-order valence-corrected chi connectivity index (χ4v) is 4.17. The molecule has 0 radical (unpaired) electrons. The van der Waals surface area contributed by atoms with Crippen LogP contribution in [-0.4, -0.2) is 39.1 Å². The maximum absolute atomic E-state index is 12.6. The van der Waals surface area contributed by atoms with Crippen molar-refractivity contribution in [2.75, 3.05) is 13.1 Å². The molecular weight excluding hydrogens is 288 g/mol. The van der Waals surface area contributed by atoms with Crippen molar-refractivity contribution in [2.45, 2.75) is 43.9 Å². The van der Waals surface area contributed by atoms with Gasteiger partial charge in [0, 0.05) is 43.0 Å². The number of pyridine rings is 1. The van der Waals surface area contributed by atoms with Gasteiger partial charge in [-0.3, -0.25) is 14.9 Å². The van der Waals surface area contributed by atoms with E-state index in [-0.39, 0.29) is 11.3 Å². The molecule has 2 aromatic heterocycles. The first-order valence-electron chi connectivity index (χ1n) is 8.46. The third kappa shape index (κ3) is 2.64. The molecule has 1 saturated heterocycles. The lowest BCUT2D eigenvalue weighted by Gasteiger charge is -2.40. The number of hydrogen-bond donors (Lipinski definition) is 1. The van der Waals surface area contributed by atoms with E-state index in [1.54, 1.807) is 12.4 Å². The zero-order chi connectivity index (χ0) is 15.7. The van der Waals surface area contributed by atoms with Crippen molar-refractivity contribution in [2.24, 2.45) is 0 Å². The highest BCUT2D eigenvalue weighted by atomic mass is 16.2. The SMILES string of the molecule is O=C(CCc1ccncc1)N1CCCC2(CCc3cn[nH]c32)C1. The molecule has 1 unspecified atom stereocenters. The largest absolute Gasteiger partial charge is 0.342 e. The van der Waals surface area contributed by atoms with Crippen molar-refractivity contribution >= 4 is 5.91 Å². The molecule has 4 rings (SSSR count). The highest BCUT2D eigenvalue weighted by Gasteiger charge is 2.44. The van der Waals surface area contributed by atoms with E-state index in [0.717, 1.165) is 45.2 Å². The Morgan fingerprint density at radius 1 is 1.30 bits per heavy atom. The maximum atomic E-state index is 12.6. The molecule has 1 N–H and O–H groups in total. The number of carbonyl (C=O) groups is 1. The zero-order valence-electron chi connectivity index (χ0n) is 13.3. The van der Waals surface area contributed by atoms with Crippen LogP contribution in [0.1, 0.15) is 42.5 Å². The van der Waals surface area contributed by atoms with Gasteiger partial charge in [0.2, 0.25) is 5.91 Å². The van der Waals surface area contributed by atoms with Crippen LogP contribution in [0.2, 0.25) is 0 Å². The fraction of sp³-hybridized carbons (Fsp3) is 0.500.